The number of rotatable bonds is 7. The van der Waals surface area contributed by atoms with E-state index in [1.165, 1.54) is 7.11 Å². The normalized spacial score (nSPS) is 12.7. The second kappa shape index (κ2) is 10.4. The topological polar surface area (TPSA) is 112 Å². The molecule has 7 nitrogen and oxygen atoms in total. The zero-order valence-electron chi connectivity index (χ0n) is 14.9. The highest BCUT2D eigenvalue weighted by Gasteiger charge is 2.30. The maximum atomic E-state index is 12.4. The fourth-order valence-electron chi connectivity index (χ4n) is 2.55. The molecule has 0 radical (unpaired) electrons. The number of phenols is 1. The van der Waals surface area contributed by atoms with E-state index in [0.29, 0.717) is 25.8 Å². The quantitative estimate of drug-likeness (QED) is 0.503. The number of nitriles is 1. The van der Waals surface area contributed by atoms with Gasteiger partial charge in [-0.25, -0.2) is 4.79 Å². The highest BCUT2D eigenvalue weighted by Crippen LogP contribution is 2.39. The van der Waals surface area contributed by atoms with Gasteiger partial charge in [-0.05, 0) is 52.3 Å². The van der Waals surface area contributed by atoms with Crippen LogP contribution in [0.25, 0.3) is 0 Å². The Bertz CT molecular complexity index is 868. The molecule has 0 bridgehead atoms. The number of nitrogens with zero attached hydrogens (tertiary/aromatic N) is 1. The minimum atomic E-state index is -0.982. The molecule has 2 atom stereocenters. The number of carbonyl (C=O) groups is 1. The highest BCUT2D eigenvalue weighted by molar-refractivity contribution is 9.11. The molecule has 9 heteroatoms. The number of phenolic OH excluding ortho intramolecular Hbond substituents is 1. The van der Waals surface area contributed by atoms with Crippen molar-refractivity contribution in [1.82, 2.24) is 0 Å². The van der Waals surface area contributed by atoms with Crippen LogP contribution < -0.4 is 5.32 Å². The number of halogens is 2. The molecule has 0 aliphatic rings. The van der Waals surface area contributed by atoms with Crippen LogP contribution in [0.5, 0.6) is 5.75 Å². The summed E-state index contributed by atoms with van der Waals surface area (Å²) < 4.78 is 12.0. The molecule has 0 fully saturated rings. The Morgan fingerprint density at radius 1 is 1.29 bits per heavy atom. The summed E-state index contributed by atoms with van der Waals surface area (Å²) in [5.41, 5.74) is 1.22. The van der Waals surface area contributed by atoms with Crippen LogP contribution in [0.1, 0.15) is 23.7 Å². The Labute approximate surface area is 179 Å². The third kappa shape index (κ3) is 5.69. The van der Waals surface area contributed by atoms with Crippen molar-refractivity contribution < 1.29 is 24.5 Å². The SMILES string of the molecule is CO[C@@H](CCO)[C@@H](OC(=O)Nc1ccc(C#N)cc1)c1cc(Br)cc(Br)c1O. The van der Waals surface area contributed by atoms with E-state index in [4.69, 9.17) is 14.7 Å². The van der Waals surface area contributed by atoms with Crippen LogP contribution in [0.15, 0.2) is 45.3 Å². The molecule has 0 spiro atoms. The monoisotopic (exact) mass is 512 g/mol. The summed E-state index contributed by atoms with van der Waals surface area (Å²) in [6.45, 7) is -0.189. The predicted molar refractivity (Wildman–Crippen MR) is 110 cm³/mol. The maximum Gasteiger partial charge on any atom is 0.412 e. The Morgan fingerprint density at radius 3 is 2.54 bits per heavy atom. The molecule has 2 aromatic rings. The van der Waals surface area contributed by atoms with E-state index in [-0.39, 0.29) is 18.8 Å². The number of nitrogens with one attached hydrogen (secondary N) is 1. The molecule has 0 heterocycles. The summed E-state index contributed by atoms with van der Waals surface area (Å²) in [6.07, 6.45) is -2.26. The van der Waals surface area contributed by atoms with E-state index in [1.807, 2.05) is 6.07 Å². The number of aromatic hydroxyl groups is 1. The number of carbonyl (C=O) groups excluding carboxylic acids is 1. The van der Waals surface area contributed by atoms with Gasteiger partial charge in [0, 0.05) is 35.9 Å². The first-order valence-electron chi connectivity index (χ1n) is 8.19. The standard InChI is InChI=1S/C19H18Br2N2O5/c1-27-16(6-7-24)18(14-8-12(20)9-15(21)17(14)25)28-19(26)23-13-4-2-11(10-22)3-5-13/h2-5,8-9,16,18,24-25H,6-7H2,1H3,(H,23,26)/t16-,18-/m0/s1. The Kier molecular flexibility index (Phi) is 8.26. The van der Waals surface area contributed by atoms with Crippen molar-refractivity contribution in [3.8, 4) is 11.8 Å². The molecular weight excluding hydrogens is 496 g/mol. The minimum Gasteiger partial charge on any atom is -0.506 e. The summed E-state index contributed by atoms with van der Waals surface area (Å²) in [4.78, 5) is 12.4. The number of aliphatic hydroxyl groups is 1. The summed E-state index contributed by atoms with van der Waals surface area (Å²) in [5, 5.41) is 31.2. The van der Waals surface area contributed by atoms with Gasteiger partial charge in [-0.15, -0.1) is 0 Å². The van der Waals surface area contributed by atoms with Gasteiger partial charge in [0.2, 0.25) is 0 Å². The molecule has 2 aromatic carbocycles. The second-order valence-corrected chi connectivity index (χ2v) is 7.52. The zero-order valence-corrected chi connectivity index (χ0v) is 18.0. The van der Waals surface area contributed by atoms with Crippen LogP contribution in [0.3, 0.4) is 0 Å². The van der Waals surface area contributed by atoms with Gasteiger partial charge in [-0.3, -0.25) is 5.32 Å². The smallest absolute Gasteiger partial charge is 0.412 e. The summed E-state index contributed by atoms with van der Waals surface area (Å²) in [5.74, 6) is -0.0978. The van der Waals surface area contributed by atoms with Gasteiger partial charge in [0.05, 0.1) is 16.1 Å². The Hall–Kier alpha value is -2.12. The number of benzene rings is 2. The molecule has 148 valence electrons. The predicted octanol–water partition coefficient (Wildman–Crippen LogP) is 4.48. The average molecular weight is 514 g/mol. The largest absolute Gasteiger partial charge is 0.506 e. The van der Waals surface area contributed by atoms with Gasteiger partial charge < -0.3 is 19.7 Å². The van der Waals surface area contributed by atoms with Gasteiger partial charge in [0.15, 0.2) is 6.10 Å². The van der Waals surface area contributed by atoms with Crippen LogP contribution in [-0.4, -0.2) is 36.1 Å². The van der Waals surface area contributed by atoms with Crippen molar-refractivity contribution in [3.05, 3.63) is 56.5 Å². The number of aliphatic hydroxyl groups excluding tert-OH is 1. The van der Waals surface area contributed by atoms with E-state index >= 15 is 0 Å². The van der Waals surface area contributed by atoms with Crippen molar-refractivity contribution in [3.63, 3.8) is 0 Å². The Balaban J connectivity index is 2.29. The first kappa shape index (κ1) is 22.2. The summed E-state index contributed by atoms with van der Waals surface area (Å²) in [7, 11) is 1.43. The van der Waals surface area contributed by atoms with E-state index in [0.717, 1.165) is 0 Å². The second-order valence-electron chi connectivity index (χ2n) is 5.75. The fraction of sp³-hybridized carbons (Fsp3) is 0.263. The summed E-state index contributed by atoms with van der Waals surface area (Å²) >= 11 is 6.60. The molecule has 0 aromatic heterocycles. The zero-order chi connectivity index (χ0) is 20.7. The van der Waals surface area contributed by atoms with E-state index in [2.05, 4.69) is 37.2 Å². The Morgan fingerprint density at radius 2 is 1.96 bits per heavy atom. The van der Waals surface area contributed by atoms with Crippen molar-refractivity contribution in [1.29, 1.82) is 5.26 Å². The van der Waals surface area contributed by atoms with Gasteiger partial charge in [-0.1, -0.05) is 15.9 Å². The number of methoxy groups -OCH3 is 1. The van der Waals surface area contributed by atoms with Gasteiger partial charge in [-0.2, -0.15) is 5.26 Å². The first-order chi connectivity index (χ1) is 13.4. The molecule has 2 rings (SSSR count). The van der Waals surface area contributed by atoms with Crippen LogP contribution >= 0.6 is 31.9 Å². The van der Waals surface area contributed by atoms with Gasteiger partial charge in [0.25, 0.3) is 0 Å². The van der Waals surface area contributed by atoms with Crippen LogP contribution in [0, 0.1) is 11.3 Å². The lowest BCUT2D eigenvalue weighted by Gasteiger charge is -2.27. The molecule has 0 unspecified atom stereocenters. The molecule has 0 saturated carbocycles. The van der Waals surface area contributed by atoms with Crippen LogP contribution in [0.2, 0.25) is 0 Å². The van der Waals surface area contributed by atoms with Crippen molar-refractivity contribution in [2.45, 2.75) is 18.6 Å². The summed E-state index contributed by atoms with van der Waals surface area (Å²) in [6, 6.07) is 11.5. The maximum absolute atomic E-state index is 12.4. The number of anilines is 1. The fourth-order valence-corrected chi connectivity index (χ4v) is 3.81. The van der Waals surface area contributed by atoms with Crippen LogP contribution in [0.4, 0.5) is 10.5 Å². The lowest BCUT2D eigenvalue weighted by molar-refractivity contribution is -0.0314. The molecule has 0 aliphatic heterocycles. The number of amides is 1. The molecule has 1 amide bonds. The molecule has 0 saturated heterocycles. The lowest BCUT2D eigenvalue weighted by Crippen LogP contribution is -2.29. The van der Waals surface area contributed by atoms with Gasteiger partial charge in [0.1, 0.15) is 11.9 Å². The number of hydrogen-bond donors (Lipinski definition) is 3. The van der Waals surface area contributed by atoms with Crippen molar-refractivity contribution in [2.24, 2.45) is 0 Å². The van der Waals surface area contributed by atoms with E-state index in [9.17, 15) is 15.0 Å². The van der Waals surface area contributed by atoms with E-state index < -0.39 is 18.3 Å². The molecule has 0 aliphatic carbocycles. The third-order valence-corrected chi connectivity index (χ3v) is 4.97. The molecule has 28 heavy (non-hydrogen) atoms. The number of ether oxygens (including phenoxy) is 2. The van der Waals surface area contributed by atoms with Crippen molar-refractivity contribution in [2.75, 3.05) is 19.0 Å². The van der Waals surface area contributed by atoms with Crippen molar-refractivity contribution >= 4 is 43.6 Å². The first-order valence-corrected chi connectivity index (χ1v) is 9.77. The lowest BCUT2D eigenvalue weighted by atomic mass is 10.0. The number of hydrogen-bond acceptors (Lipinski definition) is 6. The average Bonchev–Trinajstić information content (AvgIpc) is 2.68. The minimum absolute atomic E-state index is 0.0978. The van der Waals surface area contributed by atoms with Crippen LogP contribution in [-0.2, 0) is 9.47 Å². The molecule has 3 N–H and O–H groups in total. The highest BCUT2D eigenvalue weighted by atomic mass is 79.9. The molecular formula is C19H18Br2N2O5. The third-order valence-electron chi connectivity index (χ3n) is 3.91. The van der Waals surface area contributed by atoms with Gasteiger partial charge >= 0.3 is 6.09 Å². The van der Waals surface area contributed by atoms with E-state index in [1.54, 1.807) is 36.4 Å².